The fourth-order valence-corrected chi connectivity index (χ4v) is 2.81. The Bertz CT molecular complexity index is 609. The van der Waals surface area contributed by atoms with Gasteiger partial charge >= 0.3 is 0 Å². The molecule has 1 N–H and O–H groups in total. The summed E-state index contributed by atoms with van der Waals surface area (Å²) in [6.45, 7) is 2.31. The van der Waals surface area contributed by atoms with E-state index in [1.165, 1.54) is 24.0 Å². The van der Waals surface area contributed by atoms with Gasteiger partial charge < -0.3 is 14.5 Å². The maximum Gasteiger partial charge on any atom is 0.253 e. The molecule has 1 heterocycles. The van der Waals surface area contributed by atoms with Crippen molar-refractivity contribution in [1.82, 2.24) is 15.5 Å². The molecule has 1 unspecified atom stereocenters. The van der Waals surface area contributed by atoms with Crippen molar-refractivity contribution in [3.05, 3.63) is 41.1 Å². The predicted molar refractivity (Wildman–Crippen MR) is 79.2 cm³/mol. The van der Waals surface area contributed by atoms with Gasteiger partial charge in [0.2, 0.25) is 5.89 Å². The van der Waals surface area contributed by atoms with Gasteiger partial charge in [0.25, 0.3) is 5.89 Å². The zero-order chi connectivity index (χ0) is 14.7. The summed E-state index contributed by atoms with van der Waals surface area (Å²) < 4.78 is 11.2. The van der Waals surface area contributed by atoms with Gasteiger partial charge in [0, 0.05) is 12.5 Å². The highest BCUT2D eigenvalue weighted by atomic mass is 16.5. The number of rotatable bonds is 5. The van der Waals surface area contributed by atoms with Crippen LogP contribution in [-0.4, -0.2) is 17.2 Å². The number of aryl methyl sites for hydroxylation is 2. The highest BCUT2D eigenvalue weighted by molar-refractivity contribution is 5.39. The van der Waals surface area contributed by atoms with Gasteiger partial charge in [0.1, 0.15) is 5.75 Å². The normalized spacial score (nSPS) is 17.5. The van der Waals surface area contributed by atoms with Gasteiger partial charge in [-0.3, -0.25) is 0 Å². The first kappa shape index (κ1) is 14.1. The van der Waals surface area contributed by atoms with Crippen LogP contribution in [-0.2, 0) is 19.4 Å². The highest BCUT2D eigenvalue weighted by Gasteiger charge is 2.19. The second-order valence-electron chi connectivity index (χ2n) is 5.33. The van der Waals surface area contributed by atoms with Crippen LogP contribution in [0.5, 0.6) is 5.75 Å². The Morgan fingerprint density at radius 2 is 2.19 bits per heavy atom. The molecule has 1 aromatic carbocycles. The number of hydrogen-bond acceptors (Lipinski definition) is 5. The molecular formula is C16H21N3O2. The number of nitrogens with zero attached hydrogens (tertiary/aromatic N) is 2. The fraction of sp³-hybridized carbons (Fsp3) is 0.500. The van der Waals surface area contributed by atoms with Crippen LogP contribution in [0.1, 0.15) is 48.7 Å². The van der Waals surface area contributed by atoms with Gasteiger partial charge in [-0.15, -0.1) is 10.2 Å². The summed E-state index contributed by atoms with van der Waals surface area (Å²) in [6, 6.07) is 6.78. The first-order chi connectivity index (χ1) is 10.3. The number of aromatic nitrogens is 2. The van der Waals surface area contributed by atoms with E-state index in [0.29, 0.717) is 24.4 Å². The first-order valence-corrected chi connectivity index (χ1v) is 7.54. The van der Waals surface area contributed by atoms with Crippen LogP contribution in [0.3, 0.4) is 0 Å². The predicted octanol–water partition coefficient (Wildman–Crippen LogP) is 2.81. The van der Waals surface area contributed by atoms with Crippen LogP contribution in [0.4, 0.5) is 0 Å². The number of ether oxygens (including phenoxy) is 1. The second-order valence-corrected chi connectivity index (χ2v) is 5.33. The van der Waals surface area contributed by atoms with Gasteiger partial charge in [-0.25, -0.2) is 0 Å². The Morgan fingerprint density at radius 1 is 1.33 bits per heavy atom. The molecule has 1 aliphatic carbocycles. The Kier molecular flexibility index (Phi) is 4.20. The van der Waals surface area contributed by atoms with E-state index in [9.17, 15) is 0 Å². The zero-order valence-electron chi connectivity index (χ0n) is 12.6. The maximum absolute atomic E-state index is 5.77. The van der Waals surface area contributed by atoms with E-state index < -0.39 is 0 Å². The Labute approximate surface area is 124 Å². The standard InChI is InChI=1S/C16H21N3O2/c1-3-15-18-19-16(21-15)10-20-12-7-8-13-11(9-12)5-4-6-14(13)17-2/h7-9,14,17H,3-6,10H2,1-2H3. The largest absolute Gasteiger partial charge is 0.484 e. The molecule has 0 fully saturated rings. The van der Waals surface area contributed by atoms with E-state index in [0.717, 1.165) is 18.6 Å². The van der Waals surface area contributed by atoms with Gasteiger partial charge in [0.05, 0.1) is 0 Å². The monoisotopic (exact) mass is 287 g/mol. The Hall–Kier alpha value is -1.88. The van der Waals surface area contributed by atoms with Crippen molar-refractivity contribution in [2.45, 2.75) is 45.3 Å². The molecule has 0 bridgehead atoms. The second kappa shape index (κ2) is 6.26. The summed E-state index contributed by atoms with van der Waals surface area (Å²) in [5.74, 6) is 2.04. The summed E-state index contributed by atoms with van der Waals surface area (Å²) in [4.78, 5) is 0. The van der Waals surface area contributed by atoms with E-state index in [2.05, 4.69) is 27.6 Å². The minimum atomic E-state index is 0.321. The van der Waals surface area contributed by atoms with Crippen molar-refractivity contribution in [2.75, 3.05) is 7.05 Å². The van der Waals surface area contributed by atoms with E-state index in [1.54, 1.807) is 0 Å². The molecule has 1 aromatic heterocycles. The lowest BCUT2D eigenvalue weighted by atomic mass is 9.87. The molecule has 0 saturated carbocycles. The molecular weight excluding hydrogens is 266 g/mol. The van der Waals surface area contributed by atoms with Crippen molar-refractivity contribution >= 4 is 0 Å². The van der Waals surface area contributed by atoms with Crippen LogP contribution >= 0.6 is 0 Å². The molecule has 0 saturated heterocycles. The van der Waals surface area contributed by atoms with Crippen molar-refractivity contribution < 1.29 is 9.15 Å². The summed E-state index contributed by atoms with van der Waals surface area (Å²) >= 11 is 0. The third-order valence-electron chi connectivity index (χ3n) is 3.95. The van der Waals surface area contributed by atoms with Crippen LogP contribution < -0.4 is 10.1 Å². The quantitative estimate of drug-likeness (QED) is 0.916. The van der Waals surface area contributed by atoms with E-state index >= 15 is 0 Å². The molecule has 5 nitrogen and oxygen atoms in total. The van der Waals surface area contributed by atoms with E-state index in [-0.39, 0.29) is 0 Å². The lowest BCUT2D eigenvalue weighted by Crippen LogP contribution is -2.21. The third kappa shape index (κ3) is 3.08. The molecule has 0 radical (unpaired) electrons. The van der Waals surface area contributed by atoms with Gasteiger partial charge in [-0.05, 0) is 49.6 Å². The van der Waals surface area contributed by atoms with Crippen molar-refractivity contribution in [1.29, 1.82) is 0 Å². The summed E-state index contributed by atoms with van der Waals surface area (Å²) in [7, 11) is 2.02. The molecule has 1 atom stereocenters. The molecule has 2 aromatic rings. The average molecular weight is 287 g/mol. The maximum atomic E-state index is 5.77. The van der Waals surface area contributed by atoms with Crippen molar-refractivity contribution in [3.8, 4) is 5.75 Å². The van der Waals surface area contributed by atoms with Gasteiger partial charge in [-0.1, -0.05) is 13.0 Å². The molecule has 112 valence electrons. The van der Waals surface area contributed by atoms with E-state index in [1.807, 2.05) is 20.0 Å². The molecule has 1 aliphatic rings. The molecule has 0 spiro atoms. The van der Waals surface area contributed by atoms with Gasteiger partial charge in [-0.2, -0.15) is 0 Å². The zero-order valence-corrected chi connectivity index (χ0v) is 12.6. The number of nitrogens with one attached hydrogen (secondary N) is 1. The summed E-state index contributed by atoms with van der Waals surface area (Å²) in [5, 5.41) is 11.3. The summed E-state index contributed by atoms with van der Waals surface area (Å²) in [5.41, 5.74) is 2.76. The van der Waals surface area contributed by atoms with E-state index in [4.69, 9.17) is 9.15 Å². The lowest BCUT2D eigenvalue weighted by Gasteiger charge is -2.25. The first-order valence-electron chi connectivity index (χ1n) is 7.54. The Morgan fingerprint density at radius 3 is 2.95 bits per heavy atom. The average Bonchev–Trinajstić information content (AvgIpc) is 3.00. The number of fused-ring (bicyclic) bond motifs is 1. The number of hydrogen-bond donors (Lipinski definition) is 1. The van der Waals surface area contributed by atoms with Crippen LogP contribution in [0.2, 0.25) is 0 Å². The summed E-state index contributed by atoms with van der Waals surface area (Å²) in [6.07, 6.45) is 4.28. The molecule has 0 aliphatic heterocycles. The highest BCUT2D eigenvalue weighted by Crippen LogP contribution is 2.32. The smallest absolute Gasteiger partial charge is 0.253 e. The fourth-order valence-electron chi connectivity index (χ4n) is 2.81. The van der Waals surface area contributed by atoms with Crippen LogP contribution in [0.25, 0.3) is 0 Å². The van der Waals surface area contributed by atoms with Crippen LogP contribution in [0.15, 0.2) is 22.6 Å². The van der Waals surface area contributed by atoms with Crippen molar-refractivity contribution in [3.63, 3.8) is 0 Å². The topological polar surface area (TPSA) is 60.2 Å². The van der Waals surface area contributed by atoms with Gasteiger partial charge in [0.15, 0.2) is 6.61 Å². The third-order valence-corrected chi connectivity index (χ3v) is 3.95. The molecule has 3 rings (SSSR count). The van der Waals surface area contributed by atoms with Crippen LogP contribution in [0, 0.1) is 0 Å². The molecule has 21 heavy (non-hydrogen) atoms. The molecule has 5 heteroatoms. The Balaban J connectivity index is 1.69. The SMILES string of the molecule is CCc1nnc(COc2ccc3c(c2)CCCC3NC)o1. The number of benzene rings is 1. The lowest BCUT2D eigenvalue weighted by molar-refractivity contribution is 0.258. The minimum Gasteiger partial charge on any atom is -0.484 e. The molecule has 0 amide bonds. The van der Waals surface area contributed by atoms with Crippen molar-refractivity contribution in [2.24, 2.45) is 0 Å². The minimum absolute atomic E-state index is 0.321.